The Morgan fingerprint density at radius 2 is 1.87 bits per heavy atom. The summed E-state index contributed by atoms with van der Waals surface area (Å²) < 4.78 is 0.780. The number of carbonyl (C=O) groups is 1. The number of thiophene rings is 1. The molecular formula is C18H25ClN2OS. The summed E-state index contributed by atoms with van der Waals surface area (Å²) in [5.41, 5.74) is 0.400. The molecule has 4 fully saturated rings. The predicted octanol–water partition coefficient (Wildman–Crippen LogP) is 4.76. The van der Waals surface area contributed by atoms with Crippen molar-refractivity contribution >= 4 is 29.0 Å². The lowest BCUT2D eigenvalue weighted by atomic mass is 9.49. The van der Waals surface area contributed by atoms with Gasteiger partial charge in [0.25, 0.3) is 0 Å². The van der Waals surface area contributed by atoms with Gasteiger partial charge in [0.1, 0.15) is 0 Å². The molecule has 5 heteroatoms. The number of hydrogen-bond donors (Lipinski definition) is 1. The number of rotatable bonds is 4. The zero-order valence-electron chi connectivity index (χ0n) is 13.7. The third-order valence-electron chi connectivity index (χ3n) is 6.15. The van der Waals surface area contributed by atoms with Gasteiger partial charge >= 0.3 is 6.03 Å². The van der Waals surface area contributed by atoms with Gasteiger partial charge < -0.3 is 10.2 Å². The van der Waals surface area contributed by atoms with Gasteiger partial charge in [-0.15, -0.1) is 11.3 Å². The first-order chi connectivity index (χ1) is 11.0. The number of halogens is 1. The first-order valence-electron chi connectivity index (χ1n) is 8.74. The summed E-state index contributed by atoms with van der Waals surface area (Å²) in [5, 5.41) is 3.23. The van der Waals surface area contributed by atoms with Gasteiger partial charge in [-0.05, 0) is 73.8 Å². The summed E-state index contributed by atoms with van der Waals surface area (Å²) in [6, 6.07) is 3.93. The van der Waals surface area contributed by atoms with Crippen molar-refractivity contribution in [2.45, 2.75) is 45.1 Å². The van der Waals surface area contributed by atoms with E-state index in [2.05, 4.69) is 5.32 Å². The van der Waals surface area contributed by atoms with Crippen molar-refractivity contribution in [3.05, 3.63) is 21.3 Å². The Labute approximate surface area is 147 Å². The second-order valence-corrected chi connectivity index (χ2v) is 9.94. The molecule has 4 bridgehead atoms. The molecule has 126 valence electrons. The zero-order chi connectivity index (χ0) is 16.0. The minimum absolute atomic E-state index is 0.0465. The quantitative estimate of drug-likeness (QED) is 0.832. The SMILES string of the molecule is CN(Cc1ccc(Cl)s1)C(=O)NCC12CC3CC(CC(C3)C1)C2. The van der Waals surface area contributed by atoms with Gasteiger partial charge in [0.2, 0.25) is 0 Å². The van der Waals surface area contributed by atoms with E-state index in [1.54, 1.807) is 16.2 Å². The zero-order valence-corrected chi connectivity index (χ0v) is 15.3. The third kappa shape index (κ3) is 3.25. The normalized spacial score (nSPS) is 34.6. The fourth-order valence-corrected chi connectivity index (χ4v) is 6.79. The molecule has 0 saturated heterocycles. The molecule has 1 aromatic heterocycles. The maximum atomic E-state index is 12.4. The van der Waals surface area contributed by atoms with E-state index < -0.39 is 0 Å². The Kier molecular flexibility index (Phi) is 4.09. The van der Waals surface area contributed by atoms with Crippen molar-refractivity contribution in [3.8, 4) is 0 Å². The van der Waals surface area contributed by atoms with Gasteiger partial charge in [0, 0.05) is 18.5 Å². The number of carbonyl (C=O) groups excluding carboxylic acids is 1. The largest absolute Gasteiger partial charge is 0.337 e. The molecule has 1 heterocycles. The third-order valence-corrected chi connectivity index (χ3v) is 7.36. The highest BCUT2D eigenvalue weighted by Crippen LogP contribution is 2.59. The van der Waals surface area contributed by atoms with Crippen molar-refractivity contribution < 1.29 is 4.79 Å². The Morgan fingerprint density at radius 3 is 2.39 bits per heavy atom. The molecule has 0 aliphatic heterocycles. The summed E-state index contributed by atoms with van der Waals surface area (Å²) in [4.78, 5) is 15.3. The number of urea groups is 1. The van der Waals surface area contributed by atoms with Gasteiger partial charge in [-0.1, -0.05) is 11.6 Å². The lowest BCUT2D eigenvalue weighted by Crippen LogP contribution is -2.52. The van der Waals surface area contributed by atoms with Crippen LogP contribution in [0, 0.1) is 23.2 Å². The first kappa shape index (κ1) is 15.8. The Bertz CT molecular complexity index is 564. The lowest BCUT2D eigenvalue weighted by Gasteiger charge is -2.57. The molecule has 0 unspecified atom stereocenters. The molecular weight excluding hydrogens is 328 g/mol. The number of nitrogens with zero attached hydrogens (tertiary/aromatic N) is 1. The predicted molar refractivity (Wildman–Crippen MR) is 94.8 cm³/mol. The van der Waals surface area contributed by atoms with E-state index in [4.69, 9.17) is 11.6 Å². The van der Waals surface area contributed by atoms with Crippen LogP contribution in [0.5, 0.6) is 0 Å². The monoisotopic (exact) mass is 352 g/mol. The first-order valence-corrected chi connectivity index (χ1v) is 9.94. The summed E-state index contributed by atoms with van der Waals surface area (Å²) in [6.07, 6.45) is 8.36. The fraction of sp³-hybridized carbons (Fsp3) is 0.722. The highest BCUT2D eigenvalue weighted by atomic mass is 35.5. The van der Waals surface area contributed by atoms with Crippen LogP contribution in [0.1, 0.15) is 43.4 Å². The smallest absolute Gasteiger partial charge is 0.317 e. The van der Waals surface area contributed by atoms with Gasteiger partial charge in [-0.3, -0.25) is 0 Å². The Balaban J connectivity index is 1.32. The molecule has 1 N–H and O–H groups in total. The average Bonchev–Trinajstić information content (AvgIpc) is 2.88. The average molecular weight is 353 g/mol. The molecule has 0 atom stereocenters. The maximum Gasteiger partial charge on any atom is 0.317 e. The van der Waals surface area contributed by atoms with Crippen molar-refractivity contribution in [1.82, 2.24) is 10.2 Å². The number of hydrogen-bond acceptors (Lipinski definition) is 2. The summed E-state index contributed by atoms with van der Waals surface area (Å²) in [5.74, 6) is 2.80. The van der Waals surface area contributed by atoms with Gasteiger partial charge in [-0.2, -0.15) is 0 Å². The van der Waals surface area contributed by atoms with E-state index in [9.17, 15) is 4.79 Å². The highest BCUT2D eigenvalue weighted by molar-refractivity contribution is 7.16. The van der Waals surface area contributed by atoms with E-state index >= 15 is 0 Å². The number of nitrogens with one attached hydrogen (secondary N) is 1. The van der Waals surface area contributed by atoms with Crippen LogP contribution >= 0.6 is 22.9 Å². The van der Waals surface area contributed by atoms with Crippen LogP contribution in [0.3, 0.4) is 0 Å². The van der Waals surface area contributed by atoms with E-state index in [0.717, 1.165) is 33.5 Å². The standard InChI is InChI=1S/C18H25ClN2OS/c1-21(10-15-2-3-16(19)23-15)17(22)20-11-18-7-12-4-13(8-18)6-14(5-12)9-18/h2-3,12-14H,4-11H2,1H3,(H,20,22). The van der Waals surface area contributed by atoms with Crippen LogP contribution in [0.15, 0.2) is 12.1 Å². The Hall–Kier alpha value is -0.740. The molecule has 0 radical (unpaired) electrons. The van der Waals surface area contributed by atoms with E-state index in [1.807, 2.05) is 19.2 Å². The van der Waals surface area contributed by atoms with Gasteiger partial charge in [-0.25, -0.2) is 4.79 Å². The second-order valence-electron chi connectivity index (χ2n) is 8.14. The van der Waals surface area contributed by atoms with Crippen molar-refractivity contribution in [1.29, 1.82) is 0 Å². The van der Waals surface area contributed by atoms with Crippen LogP contribution in [0.4, 0.5) is 4.79 Å². The number of amides is 2. The minimum Gasteiger partial charge on any atom is -0.337 e. The minimum atomic E-state index is 0.0465. The molecule has 1 aromatic rings. The maximum absolute atomic E-state index is 12.4. The summed E-state index contributed by atoms with van der Waals surface area (Å²) >= 11 is 7.50. The van der Waals surface area contributed by atoms with E-state index in [0.29, 0.717) is 12.0 Å². The van der Waals surface area contributed by atoms with Crippen LogP contribution in [0.25, 0.3) is 0 Å². The van der Waals surface area contributed by atoms with Crippen molar-refractivity contribution in [2.24, 2.45) is 23.2 Å². The second kappa shape index (κ2) is 5.96. The van der Waals surface area contributed by atoms with Crippen LogP contribution in [-0.2, 0) is 6.54 Å². The summed E-state index contributed by atoms with van der Waals surface area (Å²) in [7, 11) is 1.86. The van der Waals surface area contributed by atoms with Crippen LogP contribution in [-0.4, -0.2) is 24.5 Å². The van der Waals surface area contributed by atoms with Crippen LogP contribution < -0.4 is 5.32 Å². The lowest BCUT2D eigenvalue weighted by molar-refractivity contribution is -0.0501. The van der Waals surface area contributed by atoms with E-state index in [1.165, 1.54) is 38.5 Å². The topological polar surface area (TPSA) is 32.3 Å². The van der Waals surface area contributed by atoms with Crippen LogP contribution in [0.2, 0.25) is 4.34 Å². The molecule has 5 rings (SSSR count). The Morgan fingerprint density at radius 1 is 1.26 bits per heavy atom. The molecule has 4 aliphatic carbocycles. The van der Waals surface area contributed by atoms with E-state index in [-0.39, 0.29) is 6.03 Å². The van der Waals surface area contributed by atoms with Crippen molar-refractivity contribution in [2.75, 3.05) is 13.6 Å². The fourth-order valence-electron chi connectivity index (χ4n) is 5.65. The van der Waals surface area contributed by atoms with Crippen molar-refractivity contribution in [3.63, 3.8) is 0 Å². The summed E-state index contributed by atoms with van der Waals surface area (Å²) in [6.45, 7) is 1.50. The molecule has 0 spiro atoms. The molecule has 23 heavy (non-hydrogen) atoms. The van der Waals surface area contributed by atoms with Gasteiger partial charge in [0.05, 0.1) is 10.9 Å². The molecule has 4 saturated carbocycles. The molecule has 0 aromatic carbocycles. The highest BCUT2D eigenvalue weighted by Gasteiger charge is 2.50. The molecule has 4 aliphatic rings. The molecule has 2 amide bonds. The van der Waals surface area contributed by atoms with Gasteiger partial charge in [0.15, 0.2) is 0 Å². The molecule has 3 nitrogen and oxygen atoms in total.